The van der Waals surface area contributed by atoms with Crippen molar-refractivity contribution < 1.29 is 23.4 Å². The molecule has 0 radical (unpaired) electrons. The van der Waals surface area contributed by atoms with Crippen molar-refractivity contribution in [1.82, 2.24) is 13.3 Å². The van der Waals surface area contributed by atoms with Crippen molar-refractivity contribution >= 4 is 50.8 Å². The van der Waals surface area contributed by atoms with Crippen LogP contribution in [0.1, 0.15) is 23.0 Å². The van der Waals surface area contributed by atoms with E-state index < -0.39 is 5.97 Å². The van der Waals surface area contributed by atoms with Crippen LogP contribution in [0, 0.1) is 0 Å². The van der Waals surface area contributed by atoms with E-state index in [4.69, 9.17) is 18.6 Å². The Morgan fingerprint density at radius 3 is 2.73 bits per heavy atom. The number of hydrogen-bond donors (Lipinski definition) is 0. The van der Waals surface area contributed by atoms with E-state index in [0.717, 1.165) is 38.6 Å². The summed E-state index contributed by atoms with van der Waals surface area (Å²) in [5.41, 5.74) is 6.74. The van der Waals surface area contributed by atoms with Gasteiger partial charge in [-0.1, -0.05) is 24.3 Å². The molecule has 3 aromatic heterocycles. The molecule has 0 amide bonds. The van der Waals surface area contributed by atoms with Crippen molar-refractivity contribution in [3.05, 3.63) is 71.9 Å². The fourth-order valence-corrected chi connectivity index (χ4v) is 5.49. The number of para-hydroxylation sites is 1. The van der Waals surface area contributed by atoms with Crippen LogP contribution in [0.5, 0.6) is 11.5 Å². The molecule has 7 rings (SSSR count). The second-order valence-corrected chi connectivity index (χ2v) is 9.28. The highest BCUT2D eigenvalue weighted by Crippen LogP contribution is 2.44. The molecule has 0 saturated carbocycles. The minimum Gasteiger partial charge on any atom is -0.486 e. The minimum atomic E-state index is -0.417. The van der Waals surface area contributed by atoms with Gasteiger partial charge in [-0.2, -0.15) is 8.75 Å². The van der Waals surface area contributed by atoms with Gasteiger partial charge in [0.15, 0.2) is 17.1 Å². The number of hydrogen-bond acceptors (Lipinski definition) is 8. The van der Waals surface area contributed by atoms with Gasteiger partial charge in [0.2, 0.25) is 0 Å². The van der Waals surface area contributed by atoms with Crippen LogP contribution in [-0.2, 0) is 11.3 Å². The summed E-state index contributed by atoms with van der Waals surface area (Å²) < 4.78 is 34.2. The Hall–Kier alpha value is -4.37. The summed E-state index contributed by atoms with van der Waals surface area (Å²) in [5.74, 6) is 0.898. The molecule has 0 aliphatic carbocycles. The average Bonchev–Trinajstić information content (AvgIpc) is 3.62. The minimum absolute atomic E-state index is 0.253. The van der Waals surface area contributed by atoms with Gasteiger partial charge in [-0.3, -0.25) is 0 Å². The van der Waals surface area contributed by atoms with E-state index in [-0.39, 0.29) is 6.61 Å². The Morgan fingerprint density at radius 2 is 1.84 bits per heavy atom. The zero-order valence-electron chi connectivity index (χ0n) is 19.9. The third-order valence-electron chi connectivity index (χ3n) is 6.53. The van der Waals surface area contributed by atoms with E-state index in [0.29, 0.717) is 48.1 Å². The standard InChI is InChI=1S/C28H21N3O5S/c1-2-33-28(32)26-24(17-8-10-22-23(14-17)35-12-11-34-22)27-25(18-5-3-4-6-21(18)36-27)31(26)15-16-7-9-19-20(13-16)30-37-29-19/h3-10,13-14H,2,11-12,15H2,1H3. The van der Waals surface area contributed by atoms with Gasteiger partial charge in [0.25, 0.3) is 0 Å². The summed E-state index contributed by atoms with van der Waals surface area (Å²) in [7, 11) is 0. The van der Waals surface area contributed by atoms with Gasteiger partial charge in [-0.05, 0) is 54.4 Å². The van der Waals surface area contributed by atoms with Crippen LogP contribution < -0.4 is 9.47 Å². The van der Waals surface area contributed by atoms with Crippen LogP contribution in [0.15, 0.2) is 65.1 Å². The number of benzene rings is 3. The third-order valence-corrected chi connectivity index (χ3v) is 7.09. The lowest BCUT2D eigenvalue weighted by molar-refractivity contribution is 0.0516. The van der Waals surface area contributed by atoms with Crippen molar-refractivity contribution in [2.75, 3.05) is 19.8 Å². The molecule has 3 aromatic carbocycles. The maximum absolute atomic E-state index is 13.6. The highest BCUT2D eigenvalue weighted by molar-refractivity contribution is 7.00. The van der Waals surface area contributed by atoms with Crippen molar-refractivity contribution in [2.45, 2.75) is 13.5 Å². The first-order valence-electron chi connectivity index (χ1n) is 12.0. The van der Waals surface area contributed by atoms with Gasteiger partial charge in [0, 0.05) is 11.9 Å². The zero-order chi connectivity index (χ0) is 24.9. The van der Waals surface area contributed by atoms with E-state index in [1.54, 1.807) is 6.92 Å². The van der Waals surface area contributed by atoms with Crippen molar-refractivity contribution in [2.24, 2.45) is 0 Å². The van der Waals surface area contributed by atoms with Crippen LogP contribution in [-0.4, -0.2) is 39.1 Å². The lowest BCUT2D eigenvalue weighted by Crippen LogP contribution is -2.16. The van der Waals surface area contributed by atoms with Crippen molar-refractivity contribution in [3.63, 3.8) is 0 Å². The number of furan rings is 1. The van der Waals surface area contributed by atoms with Gasteiger partial charge in [-0.25, -0.2) is 4.79 Å². The lowest BCUT2D eigenvalue weighted by atomic mass is 10.0. The van der Waals surface area contributed by atoms with Crippen LogP contribution >= 0.6 is 11.7 Å². The van der Waals surface area contributed by atoms with Gasteiger partial charge in [0.1, 0.15) is 35.5 Å². The Bertz CT molecular complexity index is 1820. The Balaban J connectivity index is 1.52. The first-order chi connectivity index (χ1) is 18.2. The fraction of sp³-hybridized carbons (Fsp3) is 0.179. The molecular weight excluding hydrogens is 490 g/mol. The number of rotatable bonds is 5. The van der Waals surface area contributed by atoms with Crippen LogP contribution in [0.25, 0.3) is 44.2 Å². The predicted molar refractivity (Wildman–Crippen MR) is 141 cm³/mol. The molecule has 0 N–H and O–H groups in total. The summed E-state index contributed by atoms with van der Waals surface area (Å²) in [6.45, 7) is 3.45. The maximum atomic E-state index is 13.6. The molecule has 6 aromatic rings. The van der Waals surface area contributed by atoms with Crippen LogP contribution in [0.2, 0.25) is 0 Å². The SMILES string of the molecule is CCOC(=O)c1c(-c2ccc3c(c2)OCCO3)c2oc3ccccc3c2n1Cc1ccc2nsnc2c1. The molecule has 0 saturated heterocycles. The fourth-order valence-electron chi connectivity index (χ4n) is 4.97. The molecule has 0 fully saturated rings. The topological polar surface area (TPSA) is 88.6 Å². The largest absolute Gasteiger partial charge is 0.486 e. The van der Waals surface area contributed by atoms with Crippen LogP contribution in [0.4, 0.5) is 0 Å². The van der Waals surface area contributed by atoms with Crippen molar-refractivity contribution in [3.8, 4) is 22.6 Å². The Kier molecular flexibility index (Phi) is 5.10. The molecule has 9 heteroatoms. The molecule has 184 valence electrons. The summed E-state index contributed by atoms with van der Waals surface area (Å²) in [5, 5.41) is 0.920. The molecule has 1 aliphatic heterocycles. The van der Waals surface area contributed by atoms with Crippen molar-refractivity contribution in [1.29, 1.82) is 0 Å². The first-order valence-corrected chi connectivity index (χ1v) is 12.8. The molecule has 0 unspecified atom stereocenters. The van der Waals surface area contributed by atoms with Gasteiger partial charge in [0.05, 0.1) is 29.4 Å². The summed E-state index contributed by atoms with van der Waals surface area (Å²) in [4.78, 5) is 13.6. The molecular formula is C28H21N3O5S. The molecule has 1 aliphatic rings. The number of esters is 1. The molecule has 0 bridgehead atoms. The smallest absolute Gasteiger partial charge is 0.355 e. The van der Waals surface area contributed by atoms with E-state index >= 15 is 0 Å². The number of ether oxygens (including phenoxy) is 3. The molecule has 0 atom stereocenters. The molecule has 37 heavy (non-hydrogen) atoms. The summed E-state index contributed by atoms with van der Waals surface area (Å²) >= 11 is 1.18. The quantitative estimate of drug-likeness (QED) is 0.260. The number of carbonyl (C=O) groups excluding carboxylic acids is 1. The highest BCUT2D eigenvalue weighted by Gasteiger charge is 2.30. The van der Waals surface area contributed by atoms with E-state index in [2.05, 4.69) is 8.75 Å². The number of nitrogens with zero attached hydrogens (tertiary/aromatic N) is 3. The molecule has 4 heterocycles. The van der Waals surface area contributed by atoms with E-state index in [1.165, 1.54) is 11.7 Å². The monoisotopic (exact) mass is 511 g/mol. The highest BCUT2D eigenvalue weighted by atomic mass is 32.1. The van der Waals surface area contributed by atoms with E-state index in [9.17, 15) is 4.79 Å². The second-order valence-electron chi connectivity index (χ2n) is 8.75. The normalized spacial score (nSPS) is 13.0. The summed E-state index contributed by atoms with van der Waals surface area (Å²) in [6, 6.07) is 19.5. The zero-order valence-corrected chi connectivity index (χ0v) is 20.7. The summed E-state index contributed by atoms with van der Waals surface area (Å²) in [6.07, 6.45) is 0. The number of aromatic nitrogens is 3. The maximum Gasteiger partial charge on any atom is 0.355 e. The van der Waals surface area contributed by atoms with Gasteiger partial charge in [-0.15, -0.1) is 0 Å². The third kappa shape index (κ3) is 3.54. The van der Waals surface area contributed by atoms with E-state index in [1.807, 2.05) is 65.2 Å². The van der Waals surface area contributed by atoms with Crippen LogP contribution in [0.3, 0.4) is 0 Å². The Labute approximate surface area is 215 Å². The van der Waals surface area contributed by atoms with Gasteiger partial charge < -0.3 is 23.2 Å². The van der Waals surface area contributed by atoms with Gasteiger partial charge >= 0.3 is 5.97 Å². The second kappa shape index (κ2) is 8.63. The average molecular weight is 512 g/mol. The number of fused-ring (bicyclic) bond motifs is 5. The number of carbonyl (C=O) groups is 1. The molecule has 8 nitrogen and oxygen atoms in total. The predicted octanol–water partition coefficient (Wildman–Crippen LogP) is 6.06. The Morgan fingerprint density at radius 1 is 1.00 bits per heavy atom. The lowest BCUT2D eigenvalue weighted by Gasteiger charge is -2.19. The first kappa shape index (κ1) is 21.9. The molecule has 0 spiro atoms.